The van der Waals surface area contributed by atoms with Gasteiger partial charge in [0.05, 0.1) is 11.9 Å². The first-order valence-electron chi connectivity index (χ1n) is 15.6. The van der Waals surface area contributed by atoms with Crippen LogP contribution in [0, 0.1) is 0 Å². The lowest BCUT2D eigenvalue weighted by atomic mass is 9.80. The van der Waals surface area contributed by atoms with Crippen molar-refractivity contribution in [3.8, 4) is 44.6 Å². The molecular formula is C43H30N2. The number of benzene rings is 7. The van der Waals surface area contributed by atoms with Crippen molar-refractivity contribution in [2.45, 2.75) is 19.3 Å². The van der Waals surface area contributed by atoms with Crippen LogP contribution in [0.5, 0.6) is 0 Å². The van der Waals surface area contributed by atoms with Crippen LogP contribution in [0.4, 0.5) is 0 Å². The molecule has 0 fully saturated rings. The Morgan fingerprint density at radius 2 is 1.13 bits per heavy atom. The molecule has 0 aliphatic heterocycles. The van der Waals surface area contributed by atoms with Crippen LogP contribution in [0.3, 0.4) is 0 Å². The van der Waals surface area contributed by atoms with Crippen LogP contribution in [-0.2, 0) is 5.41 Å². The Bertz CT molecular complexity index is 2450. The minimum atomic E-state index is -0.0821. The van der Waals surface area contributed by atoms with E-state index in [4.69, 9.17) is 4.98 Å². The van der Waals surface area contributed by atoms with Crippen LogP contribution in [0.25, 0.3) is 77.0 Å². The molecule has 0 saturated heterocycles. The Labute approximate surface area is 262 Å². The molecule has 0 bridgehead atoms. The second-order valence-corrected chi connectivity index (χ2v) is 12.6. The van der Waals surface area contributed by atoms with E-state index in [1.54, 1.807) is 12.4 Å². The van der Waals surface area contributed by atoms with Gasteiger partial charge >= 0.3 is 0 Å². The van der Waals surface area contributed by atoms with Gasteiger partial charge in [0.1, 0.15) is 0 Å². The van der Waals surface area contributed by atoms with Gasteiger partial charge in [-0.25, -0.2) is 0 Å². The molecular weight excluding hydrogens is 544 g/mol. The molecule has 1 aliphatic rings. The van der Waals surface area contributed by atoms with Crippen molar-refractivity contribution in [2.75, 3.05) is 0 Å². The van der Waals surface area contributed by atoms with E-state index in [1.165, 1.54) is 76.8 Å². The molecule has 45 heavy (non-hydrogen) atoms. The quantitative estimate of drug-likeness (QED) is 0.196. The predicted molar refractivity (Wildman–Crippen MR) is 188 cm³/mol. The Morgan fingerprint density at radius 1 is 0.467 bits per heavy atom. The summed E-state index contributed by atoms with van der Waals surface area (Å²) < 4.78 is 0. The van der Waals surface area contributed by atoms with Crippen LogP contribution in [0.15, 0.2) is 146 Å². The first-order valence-corrected chi connectivity index (χ1v) is 15.6. The van der Waals surface area contributed by atoms with Crippen molar-refractivity contribution in [2.24, 2.45) is 0 Å². The maximum Gasteiger partial charge on any atom is 0.0897 e. The van der Waals surface area contributed by atoms with Crippen molar-refractivity contribution in [1.29, 1.82) is 0 Å². The predicted octanol–water partition coefficient (Wildman–Crippen LogP) is 11.2. The molecule has 0 amide bonds. The van der Waals surface area contributed by atoms with Gasteiger partial charge in [-0.2, -0.15) is 0 Å². The Kier molecular flexibility index (Phi) is 5.58. The van der Waals surface area contributed by atoms with E-state index >= 15 is 0 Å². The van der Waals surface area contributed by atoms with Crippen molar-refractivity contribution in [3.05, 3.63) is 157 Å². The van der Waals surface area contributed by atoms with Gasteiger partial charge in [-0.15, -0.1) is 0 Å². The Balaban J connectivity index is 1.39. The molecule has 0 saturated carbocycles. The minimum Gasteiger partial charge on any atom is -0.261 e. The molecule has 0 unspecified atom stereocenters. The van der Waals surface area contributed by atoms with Crippen LogP contribution in [-0.4, -0.2) is 9.97 Å². The van der Waals surface area contributed by atoms with Gasteiger partial charge < -0.3 is 0 Å². The van der Waals surface area contributed by atoms with E-state index in [0.717, 1.165) is 11.3 Å². The molecule has 9 rings (SSSR count). The summed E-state index contributed by atoms with van der Waals surface area (Å²) in [7, 11) is 0. The molecule has 2 heteroatoms. The van der Waals surface area contributed by atoms with Gasteiger partial charge in [-0.3, -0.25) is 9.97 Å². The van der Waals surface area contributed by atoms with Crippen molar-refractivity contribution in [1.82, 2.24) is 9.97 Å². The number of hydrogen-bond acceptors (Lipinski definition) is 2. The fourth-order valence-electron chi connectivity index (χ4n) is 7.70. The second-order valence-electron chi connectivity index (χ2n) is 12.6. The molecule has 1 aromatic heterocycles. The van der Waals surface area contributed by atoms with Crippen molar-refractivity contribution < 1.29 is 0 Å². The van der Waals surface area contributed by atoms with Crippen LogP contribution < -0.4 is 0 Å². The van der Waals surface area contributed by atoms with Crippen molar-refractivity contribution in [3.63, 3.8) is 0 Å². The highest BCUT2D eigenvalue weighted by molar-refractivity contribution is 6.22. The lowest BCUT2D eigenvalue weighted by Crippen LogP contribution is -2.14. The zero-order valence-corrected chi connectivity index (χ0v) is 25.3. The van der Waals surface area contributed by atoms with Gasteiger partial charge in [0.25, 0.3) is 0 Å². The van der Waals surface area contributed by atoms with E-state index in [1.807, 2.05) is 6.20 Å². The normalized spacial score (nSPS) is 13.3. The average molecular weight is 575 g/mol. The molecule has 0 radical (unpaired) electrons. The Morgan fingerprint density at radius 3 is 1.98 bits per heavy atom. The smallest absolute Gasteiger partial charge is 0.0897 e. The number of nitrogens with zero attached hydrogens (tertiary/aromatic N) is 2. The van der Waals surface area contributed by atoms with Gasteiger partial charge in [0.2, 0.25) is 0 Å². The van der Waals surface area contributed by atoms with E-state index < -0.39 is 0 Å². The third-order valence-corrected chi connectivity index (χ3v) is 9.82. The highest BCUT2D eigenvalue weighted by atomic mass is 14.8. The maximum atomic E-state index is 4.80. The van der Waals surface area contributed by atoms with E-state index in [9.17, 15) is 0 Å². The summed E-state index contributed by atoms with van der Waals surface area (Å²) in [5.41, 5.74) is 12.3. The van der Waals surface area contributed by atoms with Crippen LogP contribution >= 0.6 is 0 Å². The lowest BCUT2D eigenvalue weighted by Gasteiger charge is -2.23. The highest BCUT2D eigenvalue weighted by Gasteiger charge is 2.35. The van der Waals surface area contributed by atoms with E-state index in [0.29, 0.717) is 0 Å². The molecule has 1 aliphatic carbocycles. The highest BCUT2D eigenvalue weighted by Crippen LogP contribution is 2.51. The third kappa shape index (κ3) is 3.82. The molecule has 8 aromatic rings. The SMILES string of the molecule is CC1(C)c2ccccc2-c2ccc(-c3c4ccccc4c(-c4cnccn4)c4ccc(-c5cccc6ccccc56)cc34)cc21. The second kappa shape index (κ2) is 9.70. The third-order valence-electron chi connectivity index (χ3n) is 9.82. The summed E-state index contributed by atoms with van der Waals surface area (Å²) in [5, 5.41) is 7.29. The summed E-state index contributed by atoms with van der Waals surface area (Å²) in [5.74, 6) is 0. The molecule has 7 aromatic carbocycles. The molecule has 1 heterocycles. The van der Waals surface area contributed by atoms with Gasteiger partial charge in [0.15, 0.2) is 0 Å². The molecule has 212 valence electrons. The number of aromatic nitrogens is 2. The standard InChI is InChI=1S/C43H30N2/c1-43(2)38-17-8-7-13-32(38)33-20-19-29(25-39(33)43)41-34-14-5-6-15-35(34)42(40-26-44-22-23-45-40)36-21-18-28(24-37(36)41)31-16-9-11-27-10-3-4-12-30(27)31/h3-26H,1-2H3. The fraction of sp³-hybridized carbons (Fsp3) is 0.0698. The van der Waals surface area contributed by atoms with Gasteiger partial charge in [-0.1, -0.05) is 129 Å². The number of rotatable bonds is 3. The lowest BCUT2D eigenvalue weighted by molar-refractivity contribution is 0.660. The fourth-order valence-corrected chi connectivity index (χ4v) is 7.70. The van der Waals surface area contributed by atoms with E-state index in [2.05, 4.69) is 146 Å². The minimum absolute atomic E-state index is 0.0821. The van der Waals surface area contributed by atoms with Crippen LogP contribution in [0.2, 0.25) is 0 Å². The summed E-state index contributed by atoms with van der Waals surface area (Å²) in [6, 6.07) is 46.9. The van der Waals surface area contributed by atoms with Gasteiger partial charge in [0, 0.05) is 23.4 Å². The zero-order chi connectivity index (χ0) is 30.1. The maximum absolute atomic E-state index is 4.80. The first kappa shape index (κ1) is 25.9. The summed E-state index contributed by atoms with van der Waals surface area (Å²) in [6.45, 7) is 4.71. The number of fused-ring (bicyclic) bond motifs is 6. The van der Waals surface area contributed by atoms with E-state index in [-0.39, 0.29) is 5.41 Å². The largest absolute Gasteiger partial charge is 0.261 e. The molecule has 2 nitrogen and oxygen atoms in total. The topological polar surface area (TPSA) is 25.8 Å². The monoisotopic (exact) mass is 574 g/mol. The molecule has 0 spiro atoms. The first-order chi connectivity index (χ1) is 22.1. The number of hydrogen-bond donors (Lipinski definition) is 0. The summed E-state index contributed by atoms with van der Waals surface area (Å²) >= 11 is 0. The zero-order valence-electron chi connectivity index (χ0n) is 25.3. The average Bonchev–Trinajstić information content (AvgIpc) is 3.32. The summed E-state index contributed by atoms with van der Waals surface area (Å²) in [6.07, 6.45) is 5.41. The molecule has 0 atom stereocenters. The van der Waals surface area contributed by atoms with Gasteiger partial charge in [-0.05, 0) is 89.0 Å². The molecule has 0 N–H and O–H groups in total. The Hall–Kier alpha value is -5.60. The van der Waals surface area contributed by atoms with Crippen LogP contribution in [0.1, 0.15) is 25.0 Å². The summed E-state index contributed by atoms with van der Waals surface area (Å²) in [4.78, 5) is 9.27. The van der Waals surface area contributed by atoms with Crippen molar-refractivity contribution >= 4 is 32.3 Å².